The molecule has 0 saturated heterocycles. The van der Waals surface area contributed by atoms with Gasteiger partial charge in [0.2, 0.25) is 0 Å². The van der Waals surface area contributed by atoms with Crippen LogP contribution in [0.5, 0.6) is 0 Å². The molecule has 1 unspecified atom stereocenters. The minimum Gasteiger partial charge on any atom is -0.481 e. The maximum Gasteiger partial charge on any atom is 0.312 e. The Morgan fingerprint density at radius 1 is 1.56 bits per heavy atom. The number of benzene rings is 1. The molecular formula is C11H11BrN2O2. The lowest BCUT2D eigenvalue weighted by Crippen LogP contribution is -2.20. The van der Waals surface area contributed by atoms with Crippen LogP contribution in [0.25, 0.3) is 10.9 Å². The SMILES string of the molecule is NCC(C(=O)O)c1ccc2[nH]cc(Br)c2c1. The van der Waals surface area contributed by atoms with Crippen LogP contribution in [0.2, 0.25) is 0 Å². The highest BCUT2D eigenvalue weighted by molar-refractivity contribution is 9.10. The average molecular weight is 283 g/mol. The van der Waals surface area contributed by atoms with Crippen molar-refractivity contribution >= 4 is 32.8 Å². The fraction of sp³-hybridized carbons (Fsp3) is 0.182. The molecule has 0 amide bonds. The molecule has 1 aromatic carbocycles. The summed E-state index contributed by atoms with van der Waals surface area (Å²) in [6, 6.07) is 5.50. The van der Waals surface area contributed by atoms with E-state index < -0.39 is 11.9 Å². The molecule has 0 aliphatic carbocycles. The number of carbonyl (C=O) groups is 1. The summed E-state index contributed by atoms with van der Waals surface area (Å²) in [5.74, 6) is -1.54. The van der Waals surface area contributed by atoms with Crippen LogP contribution in [0, 0.1) is 0 Å². The Morgan fingerprint density at radius 2 is 2.31 bits per heavy atom. The molecule has 0 bridgehead atoms. The van der Waals surface area contributed by atoms with Gasteiger partial charge in [-0.3, -0.25) is 4.79 Å². The van der Waals surface area contributed by atoms with Crippen molar-refractivity contribution in [1.82, 2.24) is 4.98 Å². The molecule has 0 spiro atoms. The monoisotopic (exact) mass is 282 g/mol. The van der Waals surface area contributed by atoms with Gasteiger partial charge in [0, 0.05) is 28.1 Å². The number of fused-ring (bicyclic) bond motifs is 1. The summed E-state index contributed by atoms with van der Waals surface area (Å²) in [5, 5.41) is 9.99. The summed E-state index contributed by atoms with van der Waals surface area (Å²) < 4.78 is 0.922. The van der Waals surface area contributed by atoms with E-state index >= 15 is 0 Å². The van der Waals surface area contributed by atoms with Gasteiger partial charge in [0.25, 0.3) is 0 Å². The lowest BCUT2D eigenvalue weighted by Gasteiger charge is -2.09. The van der Waals surface area contributed by atoms with Crippen molar-refractivity contribution in [2.45, 2.75) is 5.92 Å². The predicted octanol–water partition coefficient (Wildman–Crippen LogP) is 2.06. The van der Waals surface area contributed by atoms with Gasteiger partial charge in [-0.25, -0.2) is 0 Å². The molecule has 0 fully saturated rings. The topological polar surface area (TPSA) is 79.1 Å². The molecule has 0 aliphatic heterocycles. The summed E-state index contributed by atoms with van der Waals surface area (Å²) in [4.78, 5) is 14.1. The van der Waals surface area contributed by atoms with Crippen LogP contribution in [-0.2, 0) is 4.79 Å². The van der Waals surface area contributed by atoms with Crippen molar-refractivity contribution in [3.8, 4) is 0 Å². The molecule has 16 heavy (non-hydrogen) atoms. The summed E-state index contributed by atoms with van der Waals surface area (Å²) in [6.07, 6.45) is 1.83. The van der Waals surface area contributed by atoms with E-state index in [1.54, 1.807) is 6.07 Å². The fourth-order valence-electron chi connectivity index (χ4n) is 1.70. The summed E-state index contributed by atoms with van der Waals surface area (Å²) in [7, 11) is 0. The number of hydrogen-bond acceptors (Lipinski definition) is 2. The molecule has 5 heteroatoms. The average Bonchev–Trinajstić information content (AvgIpc) is 2.61. The molecule has 4 nitrogen and oxygen atoms in total. The third-order valence-corrected chi connectivity index (χ3v) is 3.25. The largest absolute Gasteiger partial charge is 0.481 e. The Balaban J connectivity index is 2.52. The van der Waals surface area contributed by atoms with Gasteiger partial charge in [-0.1, -0.05) is 6.07 Å². The zero-order valence-corrected chi connectivity index (χ0v) is 9.99. The smallest absolute Gasteiger partial charge is 0.312 e. The maximum absolute atomic E-state index is 11.0. The Bertz CT molecular complexity index is 536. The van der Waals surface area contributed by atoms with Crippen molar-refractivity contribution in [3.05, 3.63) is 34.4 Å². The number of carboxylic acids is 1. The Hall–Kier alpha value is -1.33. The Kier molecular flexibility index (Phi) is 2.98. The highest BCUT2D eigenvalue weighted by Crippen LogP contribution is 2.27. The van der Waals surface area contributed by atoms with E-state index in [1.807, 2.05) is 18.3 Å². The van der Waals surface area contributed by atoms with E-state index in [-0.39, 0.29) is 6.54 Å². The van der Waals surface area contributed by atoms with Gasteiger partial charge in [-0.15, -0.1) is 0 Å². The van der Waals surface area contributed by atoms with E-state index in [2.05, 4.69) is 20.9 Å². The number of aromatic amines is 1. The summed E-state index contributed by atoms with van der Waals surface area (Å²) >= 11 is 3.40. The molecule has 2 aromatic rings. The number of aromatic nitrogens is 1. The zero-order valence-electron chi connectivity index (χ0n) is 8.40. The molecule has 1 aromatic heterocycles. The van der Waals surface area contributed by atoms with Crippen molar-refractivity contribution in [2.24, 2.45) is 5.73 Å². The van der Waals surface area contributed by atoms with Crippen LogP contribution in [0.1, 0.15) is 11.5 Å². The molecule has 0 aliphatic rings. The van der Waals surface area contributed by atoms with Gasteiger partial charge in [-0.2, -0.15) is 0 Å². The number of H-pyrrole nitrogens is 1. The number of carboxylic acid groups (broad SMARTS) is 1. The van der Waals surface area contributed by atoms with E-state index in [1.165, 1.54) is 0 Å². The minimum absolute atomic E-state index is 0.100. The van der Waals surface area contributed by atoms with E-state index in [4.69, 9.17) is 10.8 Å². The highest BCUT2D eigenvalue weighted by atomic mass is 79.9. The molecule has 2 rings (SSSR count). The van der Waals surface area contributed by atoms with Crippen molar-refractivity contribution in [2.75, 3.05) is 6.54 Å². The number of aliphatic carboxylic acids is 1. The first-order valence-corrected chi connectivity index (χ1v) is 5.62. The van der Waals surface area contributed by atoms with Gasteiger partial charge in [0.15, 0.2) is 0 Å². The lowest BCUT2D eigenvalue weighted by molar-refractivity contribution is -0.138. The second kappa shape index (κ2) is 4.27. The summed E-state index contributed by atoms with van der Waals surface area (Å²) in [5.41, 5.74) is 7.16. The van der Waals surface area contributed by atoms with Gasteiger partial charge in [-0.05, 0) is 33.6 Å². The fourth-order valence-corrected chi connectivity index (χ4v) is 2.14. The van der Waals surface area contributed by atoms with Gasteiger partial charge >= 0.3 is 5.97 Å². The van der Waals surface area contributed by atoms with Crippen LogP contribution in [-0.4, -0.2) is 22.6 Å². The second-order valence-corrected chi connectivity index (χ2v) is 4.42. The van der Waals surface area contributed by atoms with E-state index in [0.29, 0.717) is 0 Å². The van der Waals surface area contributed by atoms with Crippen LogP contribution in [0.15, 0.2) is 28.9 Å². The van der Waals surface area contributed by atoms with Crippen LogP contribution in [0.4, 0.5) is 0 Å². The minimum atomic E-state index is -0.895. The highest BCUT2D eigenvalue weighted by Gasteiger charge is 2.18. The first-order valence-electron chi connectivity index (χ1n) is 4.83. The quantitative estimate of drug-likeness (QED) is 0.806. The molecule has 1 atom stereocenters. The number of rotatable bonds is 3. The van der Waals surface area contributed by atoms with Crippen molar-refractivity contribution in [1.29, 1.82) is 0 Å². The van der Waals surface area contributed by atoms with Crippen molar-refractivity contribution in [3.63, 3.8) is 0 Å². The van der Waals surface area contributed by atoms with Crippen molar-refractivity contribution < 1.29 is 9.90 Å². The zero-order chi connectivity index (χ0) is 11.7. The number of halogens is 1. The third kappa shape index (κ3) is 1.83. The normalized spacial score (nSPS) is 12.9. The third-order valence-electron chi connectivity index (χ3n) is 2.59. The molecule has 0 saturated carbocycles. The Morgan fingerprint density at radius 3 is 2.94 bits per heavy atom. The molecule has 0 radical (unpaired) electrons. The Labute approximate surface area is 101 Å². The number of nitrogens with one attached hydrogen (secondary N) is 1. The first kappa shape index (κ1) is 11.2. The van der Waals surface area contributed by atoms with Crippen LogP contribution >= 0.6 is 15.9 Å². The number of nitrogens with two attached hydrogens (primary N) is 1. The molecule has 84 valence electrons. The maximum atomic E-state index is 11.0. The van der Waals surface area contributed by atoms with E-state index in [0.717, 1.165) is 20.9 Å². The van der Waals surface area contributed by atoms with Gasteiger partial charge in [0.1, 0.15) is 0 Å². The lowest BCUT2D eigenvalue weighted by atomic mass is 9.98. The number of hydrogen-bond donors (Lipinski definition) is 3. The molecular weight excluding hydrogens is 272 g/mol. The standard InChI is InChI=1S/C11H11BrN2O2/c12-9-5-14-10-2-1-6(3-7(9)10)8(4-13)11(15)16/h1-3,5,8,14H,4,13H2,(H,15,16). The van der Waals surface area contributed by atoms with Gasteiger partial charge in [0.05, 0.1) is 5.92 Å². The predicted molar refractivity (Wildman–Crippen MR) is 65.4 cm³/mol. The van der Waals surface area contributed by atoms with Crippen LogP contribution in [0.3, 0.4) is 0 Å². The first-order chi connectivity index (χ1) is 7.63. The summed E-state index contributed by atoms with van der Waals surface area (Å²) in [6.45, 7) is 0.100. The van der Waals surface area contributed by atoms with Crippen LogP contribution < -0.4 is 5.73 Å². The molecule has 1 heterocycles. The second-order valence-electron chi connectivity index (χ2n) is 3.57. The van der Waals surface area contributed by atoms with E-state index in [9.17, 15) is 4.79 Å². The molecule has 4 N–H and O–H groups in total. The van der Waals surface area contributed by atoms with Gasteiger partial charge < -0.3 is 15.8 Å².